The Bertz CT molecular complexity index is 466. The topological polar surface area (TPSA) is 58.6 Å². The zero-order chi connectivity index (χ0) is 16.0. The molecule has 0 bridgehead atoms. The van der Waals surface area contributed by atoms with E-state index in [1.807, 2.05) is 30.3 Å². The van der Waals surface area contributed by atoms with Crippen molar-refractivity contribution in [3.63, 3.8) is 0 Å². The molecule has 122 valence electrons. The first-order valence-electron chi connectivity index (χ1n) is 8.15. The highest BCUT2D eigenvalue weighted by molar-refractivity contribution is 5.67. The molecule has 0 saturated heterocycles. The van der Waals surface area contributed by atoms with Gasteiger partial charge in [-0.1, -0.05) is 57.0 Å². The third-order valence-electron chi connectivity index (χ3n) is 4.73. The van der Waals surface area contributed by atoms with Crippen LogP contribution in [0.25, 0.3) is 0 Å². The van der Waals surface area contributed by atoms with Crippen LogP contribution >= 0.6 is 0 Å². The van der Waals surface area contributed by atoms with Crippen molar-refractivity contribution < 1.29 is 14.6 Å². The number of hydrogen-bond acceptors (Lipinski definition) is 3. The summed E-state index contributed by atoms with van der Waals surface area (Å²) in [5, 5.41) is 12.9. The molecule has 2 rings (SSSR count). The van der Waals surface area contributed by atoms with E-state index in [0.29, 0.717) is 0 Å². The standard InChI is InChI=1S/C18H27NO3/c1-14(2)16(18(13-20)10-6-7-11-18)19-17(21)22-12-15-8-4-3-5-9-15/h3-5,8-9,14,16,20H,6-7,10-13H2,1-2H3,(H,19,21). The quantitative estimate of drug-likeness (QED) is 0.846. The maximum Gasteiger partial charge on any atom is 0.407 e. The average Bonchev–Trinajstić information content (AvgIpc) is 3.01. The van der Waals surface area contributed by atoms with Crippen LogP contribution in [0.1, 0.15) is 45.1 Å². The molecule has 1 unspecified atom stereocenters. The number of amides is 1. The average molecular weight is 305 g/mol. The Kier molecular flexibility index (Phi) is 5.83. The Labute approximate surface area is 132 Å². The molecule has 1 amide bonds. The summed E-state index contributed by atoms with van der Waals surface area (Å²) in [5.41, 5.74) is 0.774. The minimum Gasteiger partial charge on any atom is -0.445 e. The second-order valence-corrected chi connectivity index (χ2v) is 6.66. The molecule has 0 aliphatic heterocycles. The van der Waals surface area contributed by atoms with E-state index >= 15 is 0 Å². The summed E-state index contributed by atoms with van der Waals surface area (Å²) < 4.78 is 5.33. The molecule has 2 N–H and O–H groups in total. The van der Waals surface area contributed by atoms with E-state index < -0.39 is 6.09 Å². The third-order valence-corrected chi connectivity index (χ3v) is 4.73. The number of aliphatic hydroxyl groups is 1. The van der Waals surface area contributed by atoms with Gasteiger partial charge < -0.3 is 15.2 Å². The number of ether oxygens (including phenoxy) is 1. The summed E-state index contributed by atoms with van der Waals surface area (Å²) in [5.74, 6) is 0.259. The van der Waals surface area contributed by atoms with Gasteiger partial charge in [0, 0.05) is 11.5 Å². The van der Waals surface area contributed by atoms with Crippen molar-refractivity contribution >= 4 is 6.09 Å². The lowest BCUT2D eigenvalue weighted by molar-refractivity contribution is 0.0578. The number of aliphatic hydroxyl groups excluding tert-OH is 1. The van der Waals surface area contributed by atoms with Crippen molar-refractivity contribution in [1.29, 1.82) is 0 Å². The molecule has 0 heterocycles. The minimum absolute atomic E-state index is 0.0525. The second kappa shape index (κ2) is 7.63. The van der Waals surface area contributed by atoms with Crippen LogP contribution in [-0.4, -0.2) is 23.8 Å². The van der Waals surface area contributed by atoms with Crippen LogP contribution < -0.4 is 5.32 Å². The first kappa shape index (κ1) is 16.8. The van der Waals surface area contributed by atoms with Gasteiger partial charge in [0.15, 0.2) is 0 Å². The van der Waals surface area contributed by atoms with E-state index in [1.165, 1.54) is 0 Å². The van der Waals surface area contributed by atoms with E-state index in [2.05, 4.69) is 19.2 Å². The van der Waals surface area contributed by atoms with Crippen LogP contribution in [-0.2, 0) is 11.3 Å². The highest BCUT2D eigenvalue weighted by Gasteiger charge is 2.43. The van der Waals surface area contributed by atoms with Crippen molar-refractivity contribution in [2.45, 2.75) is 52.2 Å². The number of carbonyl (C=O) groups excluding carboxylic acids is 1. The summed E-state index contributed by atoms with van der Waals surface area (Å²) in [6, 6.07) is 9.59. The molecule has 0 aromatic heterocycles. The Morgan fingerprint density at radius 3 is 2.45 bits per heavy atom. The minimum atomic E-state index is -0.401. The zero-order valence-electron chi connectivity index (χ0n) is 13.5. The molecule has 1 saturated carbocycles. The summed E-state index contributed by atoms with van der Waals surface area (Å²) in [7, 11) is 0. The lowest BCUT2D eigenvalue weighted by atomic mass is 9.74. The summed E-state index contributed by atoms with van der Waals surface area (Å²) >= 11 is 0. The molecular formula is C18H27NO3. The van der Waals surface area contributed by atoms with E-state index in [1.54, 1.807) is 0 Å². The van der Waals surface area contributed by atoms with Crippen molar-refractivity contribution in [1.82, 2.24) is 5.32 Å². The first-order valence-corrected chi connectivity index (χ1v) is 8.15. The van der Waals surface area contributed by atoms with Crippen LogP contribution in [0.2, 0.25) is 0 Å². The largest absolute Gasteiger partial charge is 0.445 e. The zero-order valence-corrected chi connectivity index (χ0v) is 13.5. The maximum absolute atomic E-state index is 12.1. The van der Waals surface area contributed by atoms with Crippen molar-refractivity contribution in [3.8, 4) is 0 Å². The van der Waals surface area contributed by atoms with Crippen LogP contribution in [0.15, 0.2) is 30.3 Å². The smallest absolute Gasteiger partial charge is 0.407 e. The van der Waals surface area contributed by atoms with Gasteiger partial charge in [-0.3, -0.25) is 0 Å². The van der Waals surface area contributed by atoms with E-state index in [4.69, 9.17) is 4.74 Å². The van der Waals surface area contributed by atoms with Gasteiger partial charge in [0.25, 0.3) is 0 Å². The highest BCUT2D eigenvalue weighted by atomic mass is 16.5. The van der Waals surface area contributed by atoms with Crippen LogP contribution in [0, 0.1) is 11.3 Å². The number of carbonyl (C=O) groups is 1. The Balaban J connectivity index is 1.94. The molecule has 1 aliphatic carbocycles. The van der Waals surface area contributed by atoms with E-state index in [9.17, 15) is 9.90 Å². The second-order valence-electron chi connectivity index (χ2n) is 6.66. The number of nitrogens with one attached hydrogen (secondary N) is 1. The summed E-state index contributed by atoms with van der Waals surface area (Å²) in [4.78, 5) is 12.1. The van der Waals surface area contributed by atoms with Gasteiger partial charge in [-0.25, -0.2) is 4.79 Å². The van der Waals surface area contributed by atoms with Gasteiger partial charge in [-0.15, -0.1) is 0 Å². The predicted molar refractivity (Wildman–Crippen MR) is 86.4 cm³/mol. The lowest BCUT2D eigenvalue weighted by Crippen LogP contribution is -2.51. The molecule has 22 heavy (non-hydrogen) atoms. The van der Waals surface area contributed by atoms with Gasteiger partial charge in [-0.05, 0) is 24.3 Å². The molecule has 1 aliphatic rings. The number of alkyl carbamates (subject to hydrolysis) is 1. The van der Waals surface area contributed by atoms with Crippen molar-refractivity contribution in [3.05, 3.63) is 35.9 Å². The fourth-order valence-corrected chi connectivity index (χ4v) is 3.57. The molecule has 1 fully saturated rings. The monoisotopic (exact) mass is 305 g/mol. The highest BCUT2D eigenvalue weighted by Crippen LogP contribution is 2.42. The van der Waals surface area contributed by atoms with Gasteiger partial charge in [0.2, 0.25) is 0 Å². The van der Waals surface area contributed by atoms with Crippen LogP contribution in [0.4, 0.5) is 4.79 Å². The predicted octanol–water partition coefficient (Wildman–Crippen LogP) is 3.49. The summed E-state index contributed by atoms with van der Waals surface area (Å²) in [6.45, 7) is 4.55. The van der Waals surface area contributed by atoms with Gasteiger partial charge in [-0.2, -0.15) is 0 Å². The molecule has 0 radical (unpaired) electrons. The van der Waals surface area contributed by atoms with E-state index in [-0.39, 0.29) is 30.6 Å². The number of rotatable bonds is 6. The van der Waals surface area contributed by atoms with Gasteiger partial charge in [0.05, 0.1) is 6.61 Å². The fraction of sp³-hybridized carbons (Fsp3) is 0.611. The maximum atomic E-state index is 12.1. The van der Waals surface area contributed by atoms with Crippen molar-refractivity contribution in [2.75, 3.05) is 6.61 Å². The number of hydrogen-bond donors (Lipinski definition) is 2. The fourth-order valence-electron chi connectivity index (χ4n) is 3.57. The SMILES string of the molecule is CC(C)C(NC(=O)OCc1ccccc1)C1(CO)CCCC1. The molecule has 1 atom stereocenters. The molecule has 0 spiro atoms. The Morgan fingerprint density at radius 1 is 1.27 bits per heavy atom. The van der Waals surface area contributed by atoms with Crippen LogP contribution in [0.5, 0.6) is 0 Å². The van der Waals surface area contributed by atoms with Gasteiger partial charge in [0.1, 0.15) is 6.61 Å². The molecule has 1 aromatic carbocycles. The normalized spacial score (nSPS) is 18.2. The molecule has 4 nitrogen and oxygen atoms in total. The lowest BCUT2D eigenvalue weighted by Gasteiger charge is -2.38. The van der Waals surface area contributed by atoms with E-state index in [0.717, 1.165) is 31.2 Å². The van der Waals surface area contributed by atoms with Gasteiger partial charge >= 0.3 is 6.09 Å². The summed E-state index contributed by atoms with van der Waals surface area (Å²) in [6.07, 6.45) is 3.76. The molecule has 4 heteroatoms. The Hall–Kier alpha value is -1.55. The number of benzene rings is 1. The van der Waals surface area contributed by atoms with Crippen molar-refractivity contribution in [2.24, 2.45) is 11.3 Å². The van der Waals surface area contributed by atoms with Crippen LogP contribution in [0.3, 0.4) is 0 Å². The first-order chi connectivity index (χ1) is 10.6. The molecular weight excluding hydrogens is 278 g/mol. The molecule has 1 aromatic rings. The Morgan fingerprint density at radius 2 is 1.91 bits per heavy atom. The third kappa shape index (κ3) is 4.01.